The van der Waals surface area contributed by atoms with Crippen molar-refractivity contribution in [3.63, 3.8) is 0 Å². The van der Waals surface area contributed by atoms with Crippen molar-refractivity contribution in [1.82, 2.24) is 0 Å². The number of carbonyl (C=O) groups is 1. The zero-order valence-electron chi connectivity index (χ0n) is 10.2. The fraction of sp³-hybridized carbons (Fsp3) is 0.462. The van der Waals surface area contributed by atoms with Crippen LogP contribution < -0.4 is 0 Å². The van der Waals surface area contributed by atoms with Crippen LogP contribution in [0.2, 0.25) is 0 Å². The fourth-order valence-electron chi connectivity index (χ4n) is 1.27. The largest absolute Gasteiger partial charge is 0.478 e. The van der Waals surface area contributed by atoms with Crippen molar-refractivity contribution in [3.05, 3.63) is 35.1 Å². The van der Waals surface area contributed by atoms with E-state index in [9.17, 15) is 9.18 Å². The second-order valence-corrected chi connectivity index (χ2v) is 4.34. The number of hydrogen-bond donors (Lipinski definition) is 1. The lowest BCUT2D eigenvalue weighted by Crippen LogP contribution is -2.16. The lowest BCUT2D eigenvalue weighted by Gasteiger charge is -2.17. The second kappa shape index (κ2) is 5.77. The molecule has 0 bridgehead atoms. The van der Waals surface area contributed by atoms with Gasteiger partial charge < -0.3 is 9.84 Å². The molecule has 0 spiro atoms. The summed E-state index contributed by atoms with van der Waals surface area (Å²) in [5, 5.41) is 8.77. The van der Waals surface area contributed by atoms with Gasteiger partial charge in [0.05, 0.1) is 18.3 Å². The molecule has 0 radical (unpaired) electrons. The molecule has 0 saturated carbocycles. The molecule has 1 aromatic rings. The van der Waals surface area contributed by atoms with E-state index in [0.29, 0.717) is 5.92 Å². The lowest BCUT2D eigenvalue weighted by molar-refractivity contribution is 0.0220. The Bertz CT molecular complexity index is 402. The highest BCUT2D eigenvalue weighted by Crippen LogP contribution is 2.16. The Labute approximate surface area is 100 Å². The summed E-state index contributed by atoms with van der Waals surface area (Å²) in [6, 6.07) is 4.30. The maximum absolute atomic E-state index is 13.7. The summed E-state index contributed by atoms with van der Waals surface area (Å²) in [6.07, 6.45) is 0.00267. The minimum atomic E-state index is -1.26. The molecule has 0 fully saturated rings. The molecule has 4 heteroatoms. The third kappa shape index (κ3) is 3.53. The van der Waals surface area contributed by atoms with E-state index < -0.39 is 11.8 Å². The quantitative estimate of drug-likeness (QED) is 0.860. The van der Waals surface area contributed by atoms with Gasteiger partial charge in [0, 0.05) is 5.56 Å². The molecular formula is C13H17FO3. The van der Waals surface area contributed by atoms with Crippen molar-refractivity contribution >= 4 is 5.97 Å². The van der Waals surface area contributed by atoms with E-state index in [0.717, 1.165) is 0 Å². The van der Waals surface area contributed by atoms with Gasteiger partial charge in [0.2, 0.25) is 0 Å². The monoisotopic (exact) mass is 240 g/mol. The normalized spacial score (nSPS) is 12.8. The highest BCUT2D eigenvalue weighted by molar-refractivity contribution is 5.88. The van der Waals surface area contributed by atoms with E-state index in [1.165, 1.54) is 18.2 Å². The Balaban J connectivity index is 2.79. The number of carboxylic acid groups (broad SMARTS) is 1. The van der Waals surface area contributed by atoms with Gasteiger partial charge in [-0.15, -0.1) is 0 Å². The average Bonchev–Trinajstić information content (AvgIpc) is 2.26. The Kier molecular flexibility index (Phi) is 4.63. The first kappa shape index (κ1) is 13.6. The van der Waals surface area contributed by atoms with Crippen molar-refractivity contribution in [3.8, 4) is 0 Å². The minimum absolute atomic E-state index is 0.00267. The summed E-state index contributed by atoms with van der Waals surface area (Å²) >= 11 is 0. The summed E-state index contributed by atoms with van der Waals surface area (Å²) < 4.78 is 19.2. The summed E-state index contributed by atoms with van der Waals surface area (Å²) in [6.45, 7) is 6.01. The highest BCUT2D eigenvalue weighted by Gasteiger charge is 2.15. The molecule has 1 atom stereocenters. The van der Waals surface area contributed by atoms with Crippen molar-refractivity contribution in [2.24, 2.45) is 5.92 Å². The van der Waals surface area contributed by atoms with Gasteiger partial charge in [0.25, 0.3) is 0 Å². The zero-order valence-corrected chi connectivity index (χ0v) is 10.2. The van der Waals surface area contributed by atoms with Gasteiger partial charge >= 0.3 is 5.97 Å². The standard InChI is InChI=1S/C13H17FO3/c1-8(2)9(3)17-7-10-5-4-6-11(12(10)14)13(15)16/h4-6,8-9H,7H2,1-3H3,(H,15,16). The van der Waals surface area contributed by atoms with Crippen molar-refractivity contribution in [2.75, 3.05) is 0 Å². The lowest BCUT2D eigenvalue weighted by atomic mass is 10.1. The van der Waals surface area contributed by atoms with Gasteiger partial charge in [-0.2, -0.15) is 0 Å². The third-order valence-corrected chi connectivity index (χ3v) is 2.75. The van der Waals surface area contributed by atoms with Gasteiger partial charge in [-0.1, -0.05) is 26.0 Å². The molecule has 0 aliphatic rings. The Morgan fingerprint density at radius 2 is 2.06 bits per heavy atom. The number of aromatic carboxylic acids is 1. The van der Waals surface area contributed by atoms with Crippen molar-refractivity contribution < 1.29 is 19.0 Å². The van der Waals surface area contributed by atoms with Gasteiger partial charge in [0.1, 0.15) is 5.82 Å². The van der Waals surface area contributed by atoms with Crippen LogP contribution in [-0.4, -0.2) is 17.2 Å². The number of ether oxygens (including phenoxy) is 1. The molecule has 0 aromatic heterocycles. The van der Waals surface area contributed by atoms with Gasteiger partial charge in [0.15, 0.2) is 0 Å². The van der Waals surface area contributed by atoms with E-state index in [-0.39, 0.29) is 23.8 Å². The van der Waals surface area contributed by atoms with Crippen molar-refractivity contribution in [1.29, 1.82) is 0 Å². The number of carboxylic acids is 1. The summed E-state index contributed by atoms with van der Waals surface area (Å²) in [7, 11) is 0. The van der Waals surface area contributed by atoms with Crippen LogP contribution in [0.15, 0.2) is 18.2 Å². The molecule has 3 nitrogen and oxygen atoms in total. The highest BCUT2D eigenvalue weighted by atomic mass is 19.1. The molecule has 1 N–H and O–H groups in total. The first-order chi connectivity index (χ1) is 7.93. The van der Waals surface area contributed by atoms with Crippen LogP contribution in [0.4, 0.5) is 4.39 Å². The van der Waals surface area contributed by atoms with Crippen LogP contribution in [-0.2, 0) is 11.3 Å². The molecule has 0 amide bonds. The van der Waals surface area contributed by atoms with Crippen molar-refractivity contribution in [2.45, 2.75) is 33.5 Å². The van der Waals surface area contributed by atoms with Crippen LogP contribution in [0.25, 0.3) is 0 Å². The summed E-state index contributed by atoms with van der Waals surface area (Å²) in [4.78, 5) is 10.7. The fourth-order valence-corrected chi connectivity index (χ4v) is 1.27. The molecular weight excluding hydrogens is 223 g/mol. The van der Waals surface area contributed by atoms with Crippen LogP contribution in [0, 0.1) is 11.7 Å². The SMILES string of the molecule is CC(C)C(C)OCc1cccc(C(=O)O)c1F. The van der Waals surface area contributed by atoms with Crippen LogP contribution in [0.3, 0.4) is 0 Å². The molecule has 1 unspecified atom stereocenters. The van der Waals surface area contributed by atoms with Crippen LogP contribution in [0.5, 0.6) is 0 Å². The first-order valence-electron chi connectivity index (χ1n) is 5.55. The smallest absolute Gasteiger partial charge is 0.338 e. The molecule has 94 valence electrons. The van der Waals surface area contributed by atoms with E-state index in [1.54, 1.807) is 0 Å². The first-order valence-corrected chi connectivity index (χ1v) is 5.55. The maximum Gasteiger partial charge on any atom is 0.338 e. The van der Waals surface area contributed by atoms with Crippen LogP contribution >= 0.6 is 0 Å². The Hall–Kier alpha value is -1.42. The second-order valence-electron chi connectivity index (χ2n) is 4.34. The van der Waals surface area contributed by atoms with Crippen LogP contribution in [0.1, 0.15) is 36.7 Å². The Morgan fingerprint density at radius 1 is 1.41 bits per heavy atom. The summed E-state index contributed by atoms with van der Waals surface area (Å²) in [5.74, 6) is -1.64. The number of halogens is 1. The third-order valence-electron chi connectivity index (χ3n) is 2.75. The molecule has 0 saturated heterocycles. The molecule has 17 heavy (non-hydrogen) atoms. The van der Waals surface area contributed by atoms with E-state index in [1.807, 2.05) is 20.8 Å². The molecule has 1 rings (SSSR count). The molecule has 0 heterocycles. The predicted octanol–water partition coefficient (Wildman–Crippen LogP) is 3.09. The molecule has 0 aliphatic carbocycles. The maximum atomic E-state index is 13.7. The van der Waals surface area contributed by atoms with Gasteiger partial charge in [-0.3, -0.25) is 0 Å². The predicted molar refractivity (Wildman–Crippen MR) is 62.4 cm³/mol. The number of hydrogen-bond acceptors (Lipinski definition) is 2. The Morgan fingerprint density at radius 3 is 2.59 bits per heavy atom. The summed E-state index contributed by atoms with van der Waals surface area (Å²) in [5.41, 5.74) is -0.0410. The number of rotatable bonds is 5. The minimum Gasteiger partial charge on any atom is -0.478 e. The van der Waals surface area contributed by atoms with Gasteiger partial charge in [-0.05, 0) is 18.9 Å². The molecule has 1 aromatic carbocycles. The van der Waals surface area contributed by atoms with E-state index in [2.05, 4.69) is 0 Å². The molecule has 0 aliphatic heterocycles. The van der Waals surface area contributed by atoms with E-state index in [4.69, 9.17) is 9.84 Å². The topological polar surface area (TPSA) is 46.5 Å². The van der Waals surface area contributed by atoms with Gasteiger partial charge in [-0.25, -0.2) is 9.18 Å². The van der Waals surface area contributed by atoms with E-state index >= 15 is 0 Å². The zero-order chi connectivity index (χ0) is 13.0. The number of benzene rings is 1. The average molecular weight is 240 g/mol.